The summed E-state index contributed by atoms with van der Waals surface area (Å²) in [5.41, 5.74) is 0.475. The number of rotatable bonds is 8. The van der Waals surface area contributed by atoms with Crippen molar-refractivity contribution in [1.82, 2.24) is 5.32 Å². The van der Waals surface area contributed by atoms with Gasteiger partial charge in [-0.1, -0.05) is 25.5 Å². The molecule has 1 saturated heterocycles. The summed E-state index contributed by atoms with van der Waals surface area (Å²) in [6.07, 6.45) is -1.65. The molecule has 1 N–H and O–H groups in total. The molecule has 6 nitrogen and oxygen atoms in total. The number of nitrogens with zero attached hydrogens (tertiary/aromatic N) is 2. The van der Waals surface area contributed by atoms with Gasteiger partial charge in [0.2, 0.25) is 5.91 Å². The Morgan fingerprint density at radius 3 is 2.44 bits per heavy atom. The van der Waals surface area contributed by atoms with Crippen molar-refractivity contribution in [3.63, 3.8) is 0 Å². The number of anilines is 2. The number of benzene rings is 2. The van der Waals surface area contributed by atoms with Crippen LogP contribution in [-0.2, 0) is 28.8 Å². The minimum absolute atomic E-state index is 0.0167. The average Bonchev–Trinajstić information content (AvgIpc) is 2.85. The van der Waals surface area contributed by atoms with Gasteiger partial charge in [-0.25, -0.2) is 4.39 Å². The first kappa shape index (κ1) is 27.9. The van der Waals surface area contributed by atoms with Crippen LogP contribution in [0, 0.1) is 11.7 Å². The second-order valence-corrected chi connectivity index (χ2v) is 10.0. The van der Waals surface area contributed by atoms with Crippen LogP contribution in [0.1, 0.15) is 55.7 Å². The van der Waals surface area contributed by atoms with Crippen LogP contribution < -0.4 is 14.5 Å². The molecule has 36 heavy (non-hydrogen) atoms. The summed E-state index contributed by atoms with van der Waals surface area (Å²) in [5, 5.41) is 2.75. The normalized spacial score (nSPS) is 16.5. The molecule has 1 aliphatic heterocycles. The molecule has 2 atom stereocenters. The van der Waals surface area contributed by atoms with E-state index in [0.717, 1.165) is 41.8 Å². The zero-order chi connectivity index (χ0) is 26.6. The van der Waals surface area contributed by atoms with Gasteiger partial charge in [-0.15, -0.1) is 0 Å². The van der Waals surface area contributed by atoms with Crippen molar-refractivity contribution in [2.75, 3.05) is 29.3 Å². The molecule has 3 rings (SSSR count). The van der Waals surface area contributed by atoms with Gasteiger partial charge >= 0.3 is 6.18 Å². The summed E-state index contributed by atoms with van der Waals surface area (Å²) in [4.78, 5) is 14.8. The van der Waals surface area contributed by atoms with Gasteiger partial charge in [0.05, 0.1) is 17.2 Å². The number of carbonyl (C=O) groups is 1. The van der Waals surface area contributed by atoms with Gasteiger partial charge in [-0.05, 0) is 61.1 Å². The molecule has 0 saturated carbocycles. The van der Waals surface area contributed by atoms with Gasteiger partial charge in [-0.3, -0.25) is 9.00 Å². The third-order valence-corrected chi connectivity index (χ3v) is 7.47. The molecule has 2 unspecified atom stereocenters. The highest BCUT2D eigenvalue weighted by atomic mass is 32.2. The maximum Gasteiger partial charge on any atom is 0.416 e. The van der Waals surface area contributed by atoms with E-state index in [1.165, 1.54) is 25.2 Å². The number of carbonyl (C=O) groups excluding carboxylic acids is 1. The van der Waals surface area contributed by atoms with Crippen LogP contribution in [-0.4, -0.2) is 34.8 Å². The van der Waals surface area contributed by atoms with E-state index in [2.05, 4.69) is 12.2 Å². The zero-order valence-corrected chi connectivity index (χ0v) is 21.2. The number of halogens is 4. The van der Waals surface area contributed by atoms with Crippen molar-refractivity contribution in [1.29, 1.82) is 0 Å². The molecule has 11 heteroatoms. The molecule has 2 aromatic rings. The first-order valence-electron chi connectivity index (χ1n) is 11.8. The van der Waals surface area contributed by atoms with E-state index in [1.54, 1.807) is 6.92 Å². The lowest BCUT2D eigenvalue weighted by atomic mass is 9.93. The van der Waals surface area contributed by atoms with Crippen LogP contribution in [0.5, 0.6) is 0 Å². The monoisotopic (exact) mass is 528 g/mol. The van der Waals surface area contributed by atoms with E-state index in [-0.39, 0.29) is 12.2 Å². The van der Waals surface area contributed by atoms with Crippen LogP contribution in [0.4, 0.5) is 28.9 Å². The zero-order valence-electron chi connectivity index (χ0n) is 20.4. The van der Waals surface area contributed by atoms with Crippen molar-refractivity contribution in [3.05, 3.63) is 58.9 Å². The number of amides is 1. The summed E-state index contributed by atoms with van der Waals surface area (Å²) in [6, 6.07) is 7.39. The van der Waals surface area contributed by atoms with Crippen molar-refractivity contribution < 1.29 is 31.1 Å². The van der Waals surface area contributed by atoms with Crippen LogP contribution in [0.25, 0.3) is 0 Å². The van der Waals surface area contributed by atoms with Crippen LogP contribution >= 0.6 is 0 Å². The molecule has 0 radical (unpaired) electrons. The topological polar surface area (TPSA) is 75.7 Å². The molecule has 0 aromatic heterocycles. The van der Waals surface area contributed by atoms with Gasteiger partial charge in [-0.2, -0.15) is 13.2 Å². The molecule has 198 valence electrons. The Labute approximate surface area is 211 Å². The maximum absolute atomic E-state index is 14.4. The summed E-state index contributed by atoms with van der Waals surface area (Å²) >= 11 is -2.65. The van der Waals surface area contributed by atoms with E-state index < -0.39 is 40.6 Å². The molecule has 0 spiro atoms. The van der Waals surface area contributed by atoms with E-state index in [9.17, 15) is 31.1 Å². The van der Waals surface area contributed by atoms with Gasteiger partial charge in [0, 0.05) is 43.6 Å². The Hall–Kier alpha value is -2.66. The Kier molecular flexibility index (Phi) is 8.99. The largest absolute Gasteiger partial charge is 0.755 e. The highest BCUT2D eigenvalue weighted by Crippen LogP contribution is 2.35. The molecule has 1 aliphatic rings. The standard InChI is InChI=1S/C25H31F4N3O3S/c1-4-17-9-11-32(12-10-17)23-14-20(25(27,28)29)7-5-19(23)15-30-24(33)16(2)18-6-8-22(21(26)13-18)31(3)36(34)35/h5-8,13-14,16-17H,4,9-12,15H2,1-3H3,(H,30,33)(H,34,35)/p-1. The van der Waals surface area contributed by atoms with Crippen molar-refractivity contribution in [2.45, 2.75) is 51.7 Å². The molecule has 1 amide bonds. The number of hydrogen-bond acceptors (Lipinski definition) is 4. The lowest BCUT2D eigenvalue weighted by Crippen LogP contribution is -2.35. The molecule has 1 fully saturated rings. The number of alkyl halides is 3. The Morgan fingerprint density at radius 1 is 1.22 bits per heavy atom. The summed E-state index contributed by atoms with van der Waals surface area (Å²) < 4.78 is 77.5. The minimum Gasteiger partial charge on any atom is -0.755 e. The van der Waals surface area contributed by atoms with E-state index in [4.69, 9.17) is 0 Å². The molecule has 0 bridgehead atoms. The lowest BCUT2D eigenvalue weighted by molar-refractivity contribution is -0.137. The minimum atomic E-state index is -4.48. The number of piperidine rings is 1. The molecular weight excluding hydrogens is 498 g/mol. The van der Waals surface area contributed by atoms with E-state index in [0.29, 0.717) is 35.8 Å². The number of hydrogen-bond donors (Lipinski definition) is 1. The fourth-order valence-electron chi connectivity index (χ4n) is 4.38. The smallest absolute Gasteiger partial charge is 0.416 e. The Morgan fingerprint density at radius 2 is 1.89 bits per heavy atom. The molecule has 0 aliphatic carbocycles. The Balaban J connectivity index is 1.76. The second-order valence-electron chi connectivity index (χ2n) is 9.04. The highest BCUT2D eigenvalue weighted by Gasteiger charge is 2.32. The van der Waals surface area contributed by atoms with E-state index in [1.807, 2.05) is 4.90 Å². The SMILES string of the molecule is CCC1CCN(c2cc(C(F)(F)F)ccc2CNC(=O)C(C)c2ccc(N(C)S(=O)[O-])c(F)c2)CC1. The van der Waals surface area contributed by atoms with Gasteiger partial charge < -0.3 is 19.1 Å². The molecule has 1 heterocycles. The van der Waals surface area contributed by atoms with Crippen molar-refractivity contribution in [2.24, 2.45) is 5.92 Å². The lowest BCUT2D eigenvalue weighted by Gasteiger charge is -2.35. The predicted octanol–water partition coefficient (Wildman–Crippen LogP) is 5.12. The fourth-order valence-corrected chi connectivity index (χ4v) is 4.69. The fraction of sp³-hybridized carbons (Fsp3) is 0.480. The summed E-state index contributed by atoms with van der Waals surface area (Å²) in [5.74, 6) is -1.44. The third-order valence-electron chi connectivity index (χ3n) is 6.83. The number of nitrogens with one attached hydrogen (secondary N) is 1. The van der Waals surface area contributed by atoms with Gasteiger partial charge in [0.1, 0.15) is 5.82 Å². The van der Waals surface area contributed by atoms with Gasteiger partial charge in [0.15, 0.2) is 0 Å². The van der Waals surface area contributed by atoms with Crippen LogP contribution in [0.2, 0.25) is 0 Å². The quantitative estimate of drug-likeness (QED) is 0.381. The first-order valence-corrected chi connectivity index (χ1v) is 12.8. The first-order chi connectivity index (χ1) is 16.9. The van der Waals surface area contributed by atoms with Gasteiger partial charge in [0.25, 0.3) is 0 Å². The molecular formula is C25H30F4N3O3S-. The Bertz CT molecular complexity index is 1100. The van der Waals surface area contributed by atoms with Crippen LogP contribution in [0.15, 0.2) is 36.4 Å². The van der Waals surface area contributed by atoms with E-state index >= 15 is 0 Å². The van der Waals surface area contributed by atoms with Crippen molar-refractivity contribution >= 4 is 28.5 Å². The van der Waals surface area contributed by atoms with Crippen LogP contribution in [0.3, 0.4) is 0 Å². The predicted molar refractivity (Wildman–Crippen MR) is 131 cm³/mol. The summed E-state index contributed by atoms with van der Waals surface area (Å²) in [6.45, 7) is 4.98. The third kappa shape index (κ3) is 6.56. The second kappa shape index (κ2) is 11.6. The maximum atomic E-state index is 14.4. The van der Waals surface area contributed by atoms with Crippen molar-refractivity contribution in [3.8, 4) is 0 Å². The molecule has 2 aromatic carbocycles. The average molecular weight is 529 g/mol. The summed E-state index contributed by atoms with van der Waals surface area (Å²) in [7, 11) is 1.20. The highest BCUT2D eigenvalue weighted by molar-refractivity contribution is 7.80.